The summed E-state index contributed by atoms with van der Waals surface area (Å²) in [4.78, 5) is 4.97. The van der Waals surface area contributed by atoms with Gasteiger partial charge < -0.3 is 4.74 Å². The van der Waals surface area contributed by atoms with E-state index in [1.54, 1.807) is 0 Å². The van der Waals surface area contributed by atoms with E-state index in [0.717, 1.165) is 34.2 Å². The second kappa shape index (κ2) is 11.7. The third-order valence-corrected chi connectivity index (χ3v) is 11.1. The minimum Gasteiger partial charge on any atom is -0.457 e. The maximum absolute atomic E-state index is 6.62. The number of ether oxygens (including phenoxy) is 1. The Morgan fingerprint density at radius 2 is 1.45 bits per heavy atom. The Bertz CT molecular complexity index is 2790. The van der Waals surface area contributed by atoms with Crippen LogP contribution in [0.4, 0.5) is 0 Å². The third-order valence-electron chi connectivity index (χ3n) is 9.93. The van der Waals surface area contributed by atoms with Gasteiger partial charge in [0, 0.05) is 56.3 Å². The van der Waals surface area contributed by atoms with Crippen molar-refractivity contribution in [1.82, 2.24) is 19.3 Å². The number of thiophene rings is 1. The van der Waals surface area contributed by atoms with E-state index in [1.807, 2.05) is 46.6 Å². The Labute approximate surface area is 301 Å². The zero-order valence-electron chi connectivity index (χ0n) is 29.7. The quantitative estimate of drug-likeness (QED) is 0.181. The summed E-state index contributed by atoms with van der Waals surface area (Å²) >= 11 is 1.85. The van der Waals surface area contributed by atoms with Crippen LogP contribution in [-0.4, -0.2) is 19.3 Å². The van der Waals surface area contributed by atoms with Crippen LogP contribution in [0.5, 0.6) is 11.5 Å². The van der Waals surface area contributed by atoms with E-state index in [9.17, 15) is 0 Å². The fraction of sp³-hybridized carbons (Fsp3) is 0.156. The van der Waals surface area contributed by atoms with Crippen LogP contribution < -0.4 is 4.74 Å². The minimum atomic E-state index is -0.0180. The minimum absolute atomic E-state index is 0.0180. The van der Waals surface area contributed by atoms with Crippen molar-refractivity contribution in [3.63, 3.8) is 0 Å². The van der Waals surface area contributed by atoms with Crippen LogP contribution in [0.25, 0.3) is 64.7 Å². The Hall–Kier alpha value is -5.72. The van der Waals surface area contributed by atoms with E-state index in [1.165, 1.54) is 64.3 Å². The van der Waals surface area contributed by atoms with Gasteiger partial charge in [-0.25, -0.2) is 9.67 Å². The Morgan fingerprint density at radius 1 is 0.686 bits per heavy atom. The van der Waals surface area contributed by atoms with Crippen molar-refractivity contribution >= 4 is 53.3 Å². The SMILES string of the molecule is Cc1cc(C)c(-c2ccn(-c3cccc(Oc4ccc5c6ccc7c8ccccc8sc7c6n(-c6cc(C(C)(C)C)ccn6)c5c4)c3)n2)c(C)c1. The van der Waals surface area contributed by atoms with Gasteiger partial charge in [-0.05, 0) is 91.4 Å². The lowest BCUT2D eigenvalue weighted by atomic mass is 9.88. The van der Waals surface area contributed by atoms with Crippen molar-refractivity contribution in [2.75, 3.05) is 0 Å². The lowest BCUT2D eigenvalue weighted by molar-refractivity contribution is 0.483. The van der Waals surface area contributed by atoms with Crippen molar-refractivity contribution in [1.29, 1.82) is 0 Å². The van der Waals surface area contributed by atoms with Crippen molar-refractivity contribution in [2.45, 2.75) is 47.0 Å². The molecule has 5 aromatic carbocycles. The number of fused-ring (bicyclic) bond motifs is 7. The average molecular weight is 683 g/mol. The fourth-order valence-corrected chi connectivity index (χ4v) is 8.82. The van der Waals surface area contributed by atoms with Crippen molar-refractivity contribution in [3.8, 4) is 34.3 Å². The van der Waals surface area contributed by atoms with Crippen molar-refractivity contribution in [3.05, 3.63) is 144 Å². The molecule has 250 valence electrons. The summed E-state index contributed by atoms with van der Waals surface area (Å²) in [6, 6.07) is 38.6. The molecule has 0 fully saturated rings. The molecule has 0 aliphatic carbocycles. The van der Waals surface area contributed by atoms with Crippen LogP contribution in [-0.2, 0) is 5.41 Å². The number of aryl methyl sites for hydroxylation is 3. The molecule has 0 saturated carbocycles. The zero-order valence-corrected chi connectivity index (χ0v) is 30.5. The largest absolute Gasteiger partial charge is 0.457 e. The molecule has 0 radical (unpaired) electrons. The van der Waals surface area contributed by atoms with Crippen molar-refractivity contribution < 1.29 is 4.74 Å². The van der Waals surface area contributed by atoms with Crippen LogP contribution in [0, 0.1) is 20.8 Å². The Morgan fingerprint density at radius 3 is 2.27 bits per heavy atom. The molecule has 5 nitrogen and oxygen atoms in total. The van der Waals surface area contributed by atoms with Gasteiger partial charge in [-0.1, -0.05) is 74.9 Å². The van der Waals surface area contributed by atoms with Gasteiger partial charge in [0.05, 0.1) is 27.1 Å². The first kappa shape index (κ1) is 31.3. The number of pyridine rings is 1. The zero-order chi connectivity index (χ0) is 35.0. The van der Waals surface area contributed by atoms with E-state index in [4.69, 9.17) is 14.8 Å². The van der Waals surface area contributed by atoms with Gasteiger partial charge in [0.1, 0.15) is 17.3 Å². The number of benzene rings is 5. The molecular weight excluding hydrogens is 645 g/mol. The van der Waals surface area contributed by atoms with Gasteiger partial charge in [0.2, 0.25) is 0 Å². The summed E-state index contributed by atoms with van der Waals surface area (Å²) in [5.74, 6) is 2.41. The van der Waals surface area contributed by atoms with E-state index in [2.05, 4.69) is 137 Å². The molecule has 0 saturated heterocycles. The highest BCUT2D eigenvalue weighted by Gasteiger charge is 2.21. The number of nitrogens with zero attached hydrogens (tertiary/aromatic N) is 4. The van der Waals surface area contributed by atoms with Gasteiger partial charge in [-0.15, -0.1) is 11.3 Å². The van der Waals surface area contributed by atoms with E-state index in [0.29, 0.717) is 0 Å². The summed E-state index contributed by atoms with van der Waals surface area (Å²) in [6.45, 7) is 13.2. The molecule has 0 amide bonds. The lowest BCUT2D eigenvalue weighted by Crippen LogP contribution is -2.12. The molecule has 6 heteroatoms. The summed E-state index contributed by atoms with van der Waals surface area (Å²) in [5.41, 5.74) is 10.3. The van der Waals surface area contributed by atoms with Crippen molar-refractivity contribution in [2.24, 2.45) is 0 Å². The number of rotatable bonds is 5. The van der Waals surface area contributed by atoms with Gasteiger partial charge in [-0.3, -0.25) is 4.57 Å². The molecule has 0 N–H and O–H groups in total. The molecule has 4 aromatic heterocycles. The second-order valence-electron chi connectivity index (χ2n) is 14.6. The lowest BCUT2D eigenvalue weighted by Gasteiger charge is -2.20. The molecule has 51 heavy (non-hydrogen) atoms. The summed E-state index contributed by atoms with van der Waals surface area (Å²) in [5, 5.41) is 9.89. The summed E-state index contributed by atoms with van der Waals surface area (Å²) in [7, 11) is 0. The van der Waals surface area contributed by atoms with E-state index >= 15 is 0 Å². The first-order valence-electron chi connectivity index (χ1n) is 17.4. The van der Waals surface area contributed by atoms with Gasteiger partial charge in [-0.2, -0.15) is 5.10 Å². The van der Waals surface area contributed by atoms with Gasteiger partial charge in [0.25, 0.3) is 0 Å². The van der Waals surface area contributed by atoms with E-state index in [-0.39, 0.29) is 5.41 Å². The van der Waals surface area contributed by atoms with Crippen LogP contribution in [0.15, 0.2) is 122 Å². The van der Waals surface area contributed by atoms with Crippen LogP contribution in [0.2, 0.25) is 0 Å². The van der Waals surface area contributed by atoms with E-state index < -0.39 is 0 Å². The number of aromatic nitrogens is 4. The summed E-state index contributed by atoms with van der Waals surface area (Å²) < 4.78 is 13.4. The highest BCUT2D eigenvalue weighted by atomic mass is 32.1. The third kappa shape index (κ3) is 5.29. The molecule has 0 bridgehead atoms. The Balaban J connectivity index is 1.16. The highest BCUT2D eigenvalue weighted by Crippen LogP contribution is 2.44. The topological polar surface area (TPSA) is 44.9 Å². The highest BCUT2D eigenvalue weighted by molar-refractivity contribution is 7.26. The first-order valence-corrected chi connectivity index (χ1v) is 18.2. The van der Waals surface area contributed by atoms with Crippen LogP contribution >= 0.6 is 11.3 Å². The maximum atomic E-state index is 6.62. The molecule has 9 aromatic rings. The summed E-state index contributed by atoms with van der Waals surface area (Å²) in [6.07, 6.45) is 3.96. The molecule has 0 aliphatic heterocycles. The van der Waals surface area contributed by atoms with Gasteiger partial charge >= 0.3 is 0 Å². The monoisotopic (exact) mass is 682 g/mol. The average Bonchev–Trinajstić information content (AvgIpc) is 3.82. The standard InChI is InChI=1S/C45H38N4OS/c1-27-22-28(2)42(29(3)23-27)38-19-21-48(47-38)31-10-9-11-32(25-31)50-33-14-15-34-36-16-17-37-35-12-7-8-13-40(35)51-44(37)43(36)49(39(34)26-33)41-24-30(18-20-46-41)45(4,5)6/h7-26H,1-6H3. The predicted molar refractivity (Wildman–Crippen MR) is 213 cm³/mol. The van der Waals surface area contributed by atoms with Gasteiger partial charge in [0.15, 0.2) is 0 Å². The molecule has 0 unspecified atom stereocenters. The molecule has 0 atom stereocenters. The molecule has 0 aliphatic rings. The molecular formula is C45H38N4OS. The molecule has 0 spiro atoms. The van der Waals surface area contributed by atoms with Crippen LogP contribution in [0.3, 0.4) is 0 Å². The fourth-order valence-electron chi connectivity index (χ4n) is 7.58. The Kier molecular flexibility index (Phi) is 7.16. The molecule has 9 rings (SSSR count). The predicted octanol–water partition coefficient (Wildman–Crippen LogP) is 12.4. The second-order valence-corrected chi connectivity index (χ2v) is 15.7. The smallest absolute Gasteiger partial charge is 0.137 e. The molecule has 4 heterocycles. The maximum Gasteiger partial charge on any atom is 0.137 e. The number of hydrogen-bond acceptors (Lipinski definition) is 4. The number of hydrogen-bond donors (Lipinski definition) is 0. The first-order chi connectivity index (χ1) is 24.6. The normalized spacial score (nSPS) is 12.1. The van der Waals surface area contributed by atoms with Crippen LogP contribution in [0.1, 0.15) is 43.0 Å².